The number of fused-ring (bicyclic) bond motifs is 4. The fourth-order valence-electron chi connectivity index (χ4n) is 6.68. The van der Waals surface area contributed by atoms with Gasteiger partial charge in [-0.25, -0.2) is 0 Å². The highest BCUT2D eigenvalue weighted by molar-refractivity contribution is 5.88. The summed E-state index contributed by atoms with van der Waals surface area (Å²) in [6.45, 7) is 12.8. The molecule has 0 radical (unpaired) electrons. The standard InChI is InChI=1S/C21H34O4/c1-12-13-9-14(22)21(6,23)17(12)18(2,3)11-20(5)15(24-20)7-8-19(4)16(10-13)25-19/h12-13,15-17,23H,7-11H2,1-6H3. The zero-order chi connectivity index (χ0) is 18.4. The van der Waals surface area contributed by atoms with Crippen LogP contribution in [0.3, 0.4) is 0 Å². The Morgan fingerprint density at radius 3 is 2.36 bits per heavy atom. The maximum absolute atomic E-state index is 12.8. The molecular formula is C21H34O4. The summed E-state index contributed by atoms with van der Waals surface area (Å²) in [7, 11) is 0. The Hall–Kier alpha value is -0.450. The number of hydrogen-bond acceptors (Lipinski definition) is 4. The summed E-state index contributed by atoms with van der Waals surface area (Å²) in [5, 5.41) is 11.2. The van der Waals surface area contributed by atoms with Gasteiger partial charge in [-0.05, 0) is 63.7 Å². The van der Waals surface area contributed by atoms with Crippen LogP contribution in [0.1, 0.15) is 73.6 Å². The average molecular weight is 350 g/mol. The minimum atomic E-state index is -1.25. The zero-order valence-electron chi connectivity index (χ0n) is 16.6. The quantitative estimate of drug-likeness (QED) is 0.679. The molecule has 2 heterocycles. The second-order valence-electron chi connectivity index (χ2n) is 10.6. The summed E-state index contributed by atoms with van der Waals surface area (Å²) in [5.41, 5.74) is -1.58. The fraction of sp³-hybridized carbons (Fsp3) is 0.952. The number of carbonyl (C=O) groups excluding carboxylic acids is 1. The maximum atomic E-state index is 12.8. The Balaban J connectivity index is 1.70. The van der Waals surface area contributed by atoms with Crippen molar-refractivity contribution in [1.29, 1.82) is 0 Å². The normalized spacial score (nSPS) is 57.6. The van der Waals surface area contributed by atoms with Crippen LogP contribution < -0.4 is 0 Å². The van der Waals surface area contributed by atoms with Crippen LogP contribution in [0.2, 0.25) is 0 Å². The van der Waals surface area contributed by atoms with Gasteiger partial charge in [-0.2, -0.15) is 0 Å². The molecule has 2 saturated carbocycles. The van der Waals surface area contributed by atoms with E-state index in [2.05, 4.69) is 34.6 Å². The van der Waals surface area contributed by atoms with Crippen molar-refractivity contribution in [2.45, 2.75) is 103 Å². The summed E-state index contributed by atoms with van der Waals surface area (Å²) in [6.07, 6.45) is 4.92. The van der Waals surface area contributed by atoms with Crippen LogP contribution >= 0.6 is 0 Å². The van der Waals surface area contributed by atoms with Gasteiger partial charge in [-0.3, -0.25) is 4.79 Å². The Morgan fingerprint density at radius 1 is 1.04 bits per heavy atom. The molecule has 2 saturated heterocycles. The largest absolute Gasteiger partial charge is 0.382 e. The molecule has 0 amide bonds. The van der Waals surface area contributed by atoms with E-state index < -0.39 is 5.60 Å². The number of aliphatic hydroxyl groups is 1. The molecule has 0 aromatic heterocycles. The first-order chi connectivity index (χ1) is 11.4. The molecule has 25 heavy (non-hydrogen) atoms. The molecule has 0 aromatic rings. The monoisotopic (exact) mass is 350 g/mol. The van der Waals surface area contributed by atoms with Gasteiger partial charge in [0, 0.05) is 12.3 Å². The van der Waals surface area contributed by atoms with Crippen molar-refractivity contribution in [3.8, 4) is 0 Å². The van der Waals surface area contributed by atoms with E-state index in [1.807, 2.05) is 0 Å². The molecule has 4 heteroatoms. The van der Waals surface area contributed by atoms with Crippen LogP contribution in [0, 0.1) is 23.2 Å². The van der Waals surface area contributed by atoms with Crippen molar-refractivity contribution in [2.24, 2.45) is 23.2 Å². The lowest BCUT2D eigenvalue weighted by Gasteiger charge is -2.52. The van der Waals surface area contributed by atoms with Gasteiger partial charge >= 0.3 is 0 Å². The highest BCUT2D eigenvalue weighted by Crippen LogP contribution is 2.58. The number of ether oxygens (including phenoxy) is 2. The van der Waals surface area contributed by atoms with Crippen molar-refractivity contribution >= 4 is 5.78 Å². The molecule has 142 valence electrons. The average Bonchev–Trinajstić information content (AvgIpc) is 3.29. The number of epoxide rings is 2. The summed E-state index contributed by atoms with van der Waals surface area (Å²) >= 11 is 0. The van der Waals surface area contributed by atoms with Gasteiger partial charge in [0.05, 0.1) is 23.4 Å². The molecule has 8 atom stereocenters. The number of Topliss-reactive ketones (excluding diaryl/α,β-unsaturated/α-hetero) is 1. The highest BCUT2D eigenvalue weighted by atomic mass is 16.6. The van der Waals surface area contributed by atoms with Gasteiger partial charge in [0.1, 0.15) is 5.60 Å². The third-order valence-electron chi connectivity index (χ3n) is 8.03. The van der Waals surface area contributed by atoms with E-state index in [0.29, 0.717) is 12.3 Å². The minimum absolute atomic E-state index is 0.00602. The molecule has 1 N–H and O–H groups in total. The van der Waals surface area contributed by atoms with Crippen molar-refractivity contribution < 1.29 is 19.4 Å². The first-order valence-corrected chi connectivity index (χ1v) is 10.0. The van der Waals surface area contributed by atoms with Gasteiger partial charge < -0.3 is 14.6 Å². The number of carbonyl (C=O) groups is 1. The Labute approximate surface area is 151 Å². The van der Waals surface area contributed by atoms with Crippen LogP contribution in [-0.4, -0.2) is 39.9 Å². The molecule has 0 aromatic carbocycles. The van der Waals surface area contributed by atoms with Crippen LogP contribution in [-0.2, 0) is 14.3 Å². The molecule has 2 aliphatic carbocycles. The summed E-state index contributed by atoms with van der Waals surface area (Å²) < 4.78 is 12.2. The van der Waals surface area contributed by atoms with Crippen molar-refractivity contribution in [3.63, 3.8) is 0 Å². The van der Waals surface area contributed by atoms with E-state index in [1.165, 1.54) is 0 Å². The summed E-state index contributed by atoms with van der Waals surface area (Å²) in [6, 6.07) is 0. The Kier molecular flexibility index (Phi) is 3.65. The maximum Gasteiger partial charge on any atom is 0.164 e. The third-order valence-corrected chi connectivity index (χ3v) is 8.03. The first kappa shape index (κ1) is 17.9. The second kappa shape index (κ2) is 5.08. The second-order valence-corrected chi connectivity index (χ2v) is 10.6. The van der Waals surface area contributed by atoms with E-state index in [0.717, 1.165) is 25.7 Å². The van der Waals surface area contributed by atoms with Crippen LogP contribution in [0.25, 0.3) is 0 Å². The lowest BCUT2D eigenvalue weighted by atomic mass is 9.53. The Morgan fingerprint density at radius 2 is 1.68 bits per heavy atom. The molecule has 4 fully saturated rings. The summed E-state index contributed by atoms with van der Waals surface area (Å²) in [5.74, 6) is 0.534. The third kappa shape index (κ3) is 2.71. The van der Waals surface area contributed by atoms with E-state index in [-0.39, 0.29) is 46.4 Å². The van der Waals surface area contributed by atoms with Gasteiger partial charge in [0.2, 0.25) is 0 Å². The summed E-state index contributed by atoms with van der Waals surface area (Å²) in [4.78, 5) is 12.8. The van der Waals surface area contributed by atoms with Gasteiger partial charge in [0.15, 0.2) is 5.78 Å². The lowest BCUT2D eigenvalue weighted by Crippen LogP contribution is -2.58. The molecule has 2 aliphatic heterocycles. The first-order valence-electron chi connectivity index (χ1n) is 10.0. The molecule has 4 aliphatic rings. The number of ketones is 1. The fourth-order valence-corrected chi connectivity index (χ4v) is 6.68. The van der Waals surface area contributed by atoms with Crippen LogP contribution in [0.5, 0.6) is 0 Å². The van der Waals surface area contributed by atoms with Crippen molar-refractivity contribution in [1.82, 2.24) is 0 Å². The number of rotatable bonds is 0. The zero-order valence-corrected chi connectivity index (χ0v) is 16.6. The SMILES string of the molecule is CC1C2CC(=O)C(C)(O)C1C(C)(C)CC1(C)OC1CCC1(C)OC1C2. The predicted molar refractivity (Wildman–Crippen MR) is 95.2 cm³/mol. The molecular weight excluding hydrogens is 316 g/mol. The van der Waals surface area contributed by atoms with E-state index in [1.54, 1.807) is 6.92 Å². The van der Waals surface area contributed by atoms with Gasteiger partial charge in [0.25, 0.3) is 0 Å². The van der Waals surface area contributed by atoms with E-state index >= 15 is 0 Å². The predicted octanol–water partition coefficient (Wildman–Crippen LogP) is 3.49. The molecule has 8 unspecified atom stereocenters. The smallest absolute Gasteiger partial charge is 0.164 e. The Bertz CT molecular complexity index is 597. The van der Waals surface area contributed by atoms with Gasteiger partial charge in [-0.1, -0.05) is 20.8 Å². The van der Waals surface area contributed by atoms with E-state index in [4.69, 9.17) is 9.47 Å². The minimum Gasteiger partial charge on any atom is -0.382 e. The van der Waals surface area contributed by atoms with E-state index in [9.17, 15) is 9.90 Å². The van der Waals surface area contributed by atoms with Gasteiger partial charge in [-0.15, -0.1) is 0 Å². The van der Waals surface area contributed by atoms with Crippen molar-refractivity contribution in [3.05, 3.63) is 0 Å². The molecule has 0 spiro atoms. The lowest BCUT2D eigenvalue weighted by molar-refractivity contribution is -0.166. The molecule has 2 bridgehead atoms. The van der Waals surface area contributed by atoms with Crippen LogP contribution in [0.4, 0.5) is 0 Å². The molecule has 4 rings (SSSR count). The van der Waals surface area contributed by atoms with Crippen molar-refractivity contribution in [2.75, 3.05) is 0 Å². The number of hydrogen-bond donors (Lipinski definition) is 1. The highest BCUT2D eigenvalue weighted by Gasteiger charge is 2.63. The van der Waals surface area contributed by atoms with Crippen LogP contribution in [0.15, 0.2) is 0 Å². The topological polar surface area (TPSA) is 62.4 Å². The molecule has 4 nitrogen and oxygen atoms in total.